The Hall–Kier alpha value is -0.870. The number of hydrogen-bond acceptors (Lipinski definition) is 3. The minimum atomic E-state index is 0.441. The van der Waals surface area contributed by atoms with E-state index in [4.69, 9.17) is 0 Å². The SMILES string of the molecule is CC(C)NCCN(C)Cc1ccn(C(C)C)n1. The highest BCUT2D eigenvalue weighted by molar-refractivity contribution is 4.99. The van der Waals surface area contributed by atoms with Gasteiger partial charge in [0.05, 0.1) is 5.69 Å². The maximum Gasteiger partial charge on any atom is 0.0764 e. The molecule has 0 bridgehead atoms. The second-order valence-electron chi connectivity index (χ2n) is 5.23. The zero-order valence-corrected chi connectivity index (χ0v) is 11.8. The third-order valence-corrected chi connectivity index (χ3v) is 2.67. The fourth-order valence-corrected chi connectivity index (χ4v) is 1.65. The first-order valence-corrected chi connectivity index (χ1v) is 6.45. The van der Waals surface area contributed by atoms with Crippen LogP contribution in [0.15, 0.2) is 12.3 Å². The highest BCUT2D eigenvalue weighted by atomic mass is 15.3. The molecule has 1 N–H and O–H groups in total. The molecule has 1 heterocycles. The molecule has 17 heavy (non-hydrogen) atoms. The van der Waals surface area contributed by atoms with E-state index in [1.54, 1.807) is 0 Å². The Kier molecular flexibility index (Phi) is 5.65. The van der Waals surface area contributed by atoms with Crippen LogP contribution in [0.2, 0.25) is 0 Å². The van der Waals surface area contributed by atoms with Crippen molar-refractivity contribution in [3.8, 4) is 0 Å². The van der Waals surface area contributed by atoms with Gasteiger partial charge in [-0.25, -0.2) is 0 Å². The van der Waals surface area contributed by atoms with Gasteiger partial charge in [-0.15, -0.1) is 0 Å². The first-order valence-electron chi connectivity index (χ1n) is 6.45. The molecule has 0 saturated carbocycles. The lowest BCUT2D eigenvalue weighted by atomic mass is 10.3. The van der Waals surface area contributed by atoms with Crippen molar-refractivity contribution in [1.82, 2.24) is 20.0 Å². The number of nitrogens with zero attached hydrogens (tertiary/aromatic N) is 3. The number of nitrogens with one attached hydrogen (secondary N) is 1. The molecule has 0 spiro atoms. The summed E-state index contributed by atoms with van der Waals surface area (Å²) < 4.78 is 2.01. The zero-order valence-electron chi connectivity index (χ0n) is 11.8. The number of hydrogen-bond donors (Lipinski definition) is 1. The second-order valence-corrected chi connectivity index (χ2v) is 5.23. The summed E-state index contributed by atoms with van der Waals surface area (Å²) in [6.07, 6.45) is 2.06. The van der Waals surface area contributed by atoms with Crippen molar-refractivity contribution >= 4 is 0 Å². The largest absolute Gasteiger partial charge is 0.313 e. The third-order valence-electron chi connectivity index (χ3n) is 2.67. The van der Waals surface area contributed by atoms with Crippen molar-refractivity contribution in [1.29, 1.82) is 0 Å². The van der Waals surface area contributed by atoms with Gasteiger partial charge in [0.25, 0.3) is 0 Å². The van der Waals surface area contributed by atoms with Crippen molar-refractivity contribution < 1.29 is 0 Å². The Labute approximate surface area is 105 Å². The molecule has 1 aromatic rings. The molecule has 1 rings (SSSR count). The lowest BCUT2D eigenvalue weighted by molar-refractivity contribution is 0.314. The van der Waals surface area contributed by atoms with Crippen LogP contribution in [0.3, 0.4) is 0 Å². The minimum Gasteiger partial charge on any atom is -0.313 e. The molecule has 1 aromatic heterocycles. The Balaban J connectivity index is 2.32. The summed E-state index contributed by atoms with van der Waals surface area (Å²) in [4.78, 5) is 2.29. The molecule has 0 atom stereocenters. The molecule has 0 fully saturated rings. The fourth-order valence-electron chi connectivity index (χ4n) is 1.65. The maximum atomic E-state index is 4.55. The second kappa shape index (κ2) is 6.77. The van der Waals surface area contributed by atoms with Gasteiger partial charge < -0.3 is 5.32 Å². The lowest BCUT2D eigenvalue weighted by Gasteiger charge is -2.16. The van der Waals surface area contributed by atoms with Crippen LogP contribution in [-0.4, -0.2) is 40.9 Å². The van der Waals surface area contributed by atoms with Gasteiger partial charge in [0, 0.05) is 37.9 Å². The van der Waals surface area contributed by atoms with Crippen LogP contribution in [0.1, 0.15) is 39.4 Å². The number of likely N-dealkylation sites (N-methyl/N-ethyl adjacent to an activating group) is 1. The molecule has 0 radical (unpaired) electrons. The average molecular weight is 238 g/mol. The van der Waals surface area contributed by atoms with Crippen molar-refractivity contribution in [2.45, 2.75) is 46.3 Å². The first kappa shape index (κ1) is 14.2. The van der Waals surface area contributed by atoms with Gasteiger partial charge in [0.2, 0.25) is 0 Å². The average Bonchev–Trinajstić information content (AvgIpc) is 2.65. The highest BCUT2D eigenvalue weighted by Gasteiger charge is 2.05. The summed E-state index contributed by atoms with van der Waals surface area (Å²) in [5.41, 5.74) is 1.14. The molecule has 4 heteroatoms. The molecule has 0 aliphatic carbocycles. The third kappa shape index (κ3) is 5.33. The van der Waals surface area contributed by atoms with Crippen LogP contribution in [-0.2, 0) is 6.54 Å². The van der Waals surface area contributed by atoms with Crippen LogP contribution in [0.5, 0.6) is 0 Å². The van der Waals surface area contributed by atoms with E-state index in [1.807, 2.05) is 4.68 Å². The predicted octanol–water partition coefficient (Wildman–Crippen LogP) is 1.89. The van der Waals surface area contributed by atoms with Gasteiger partial charge in [-0.3, -0.25) is 9.58 Å². The van der Waals surface area contributed by atoms with Gasteiger partial charge in [0.1, 0.15) is 0 Å². The molecule has 0 aromatic carbocycles. The van der Waals surface area contributed by atoms with Crippen LogP contribution in [0.4, 0.5) is 0 Å². The Morgan fingerprint density at radius 3 is 2.59 bits per heavy atom. The van der Waals surface area contributed by atoms with Gasteiger partial charge in [-0.1, -0.05) is 13.8 Å². The van der Waals surface area contributed by atoms with E-state index in [2.05, 4.69) is 62.3 Å². The van der Waals surface area contributed by atoms with Crippen molar-refractivity contribution in [3.05, 3.63) is 18.0 Å². The van der Waals surface area contributed by atoms with Crippen molar-refractivity contribution in [2.75, 3.05) is 20.1 Å². The summed E-state index contributed by atoms with van der Waals surface area (Å²) in [6, 6.07) is 3.10. The molecule has 0 saturated heterocycles. The van der Waals surface area contributed by atoms with E-state index in [1.165, 1.54) is 0 Å². The molecule has 0 unspecified atom stereocenters. The summed E-state index contributed by atoms with van der Waals surface area (Å²) >= 11 is 0. The summed E-state index contributed by atoms with van der Waals surface area (Å²) in [7, 11) is 2.14. The summed E-state index contributed by atoms with van der Waals surface area (Å²) in [6.45, 7) is 11.6. The molecular formula is C13H26N4. The van der Waals surface area contributed by atoms with E-state index < -0.39 is 0 Å². The standard InChI is InChI=1S/C13H26N4/c1-11(2)14-7-9-16(5)10-13-6-8-17(15-13)12(3)4/h6,8,11-12,14H,7,9-10H2,1-5H3. The van der Waals surface area contributed by atoms with Gasteiger partial charge in [-0.2, -0.15) is 5.10 Å². The van der Waals surface area contributed by atoms with E-state index in [-0.39, 0.29) is 0 Å². The molecule has 0 aliphatic rings. The van der Waals surface area contributed by atoms with E-state index in [0.717, 1.165) is 25.3 Å². The summed E-state index contributed by atoms with van der Waals surface area (Å²) in [5.74, 6) is 0. The van der Waals surface area contributed by atoms with E-state index >= 15 is 0 Å². The van der Waals surface area contributed by atoms with Crippen LogP contribution >= 0.6 is 0 Å². The Morgan fingerprint density at radius 1 is 1.35 bits per heavy atom. The molecular weight excluding hydrogens is 212 g/mol. The summed E-state index contributed by atoms with van der Waals surface area (Å²) in [5, 5.41) is 7.97. The monoisotopic (exact) mass is 238 g/mol. The number of aromatic nitrogens is 2. The lowest BCUT2D eigenvalue weighted by Crippen LogP contribution is -2.32. The Bertz CT molecular complexity index is 317. The van der Waals surface area contributed by atoms with Crippen molar-refractivity contribution in [3.63, 3.8) is 0 Å². The molecule has 0 aliphatic heterocycles. The quantitative estimate of drug-likeness (QED) is 0.787. The van der Waals surface area contributed by atoms with Crippen LogP contribution in [0, 0.1) is 0 Å². The maximum absolute atomic E-state index is 4.55. The van der Waals surface area contributed by atoms with Crippen molar-refractivity contribution in [2.24, 2.45) is 0 Å². The van der Waals surface area contributed by atoms with Crippen LogP contribution < -0.4 is 5.32 Å². The topological polar surface area (TPSA) is 33.1 Å². The molecule has 4 nitrogen and oxygen atoms in total. The van der Waals surface area contributed by atoms with Gasteiger partial charge >= 0.3 is 0 Å². The Morgan fingerprint density at radius 2 is 2.06 bits per heavy atom. The van der Waals surface area contributed by atoms with E-state index in [9.17, 15) is 0 Å². The van der Waals surface area contributed by atoms with Gasteiger partial charge in [-0.05, 0) is 27.0 Å². The number of rotatable bonds is 7. The molecule has 0 amide bonds. The van der Waals surface area contributed by atoms with E-state index in [0.29, 0.717) is 12.1 Å². The van der Waals surface area contributed by atoms with Gasteiger partial charge in [0.15, 0.2) is 0 Å². The smallest absolute Gasteiger partial charge is 0.0764 e. The predicted molar refractivity (Wildman–Crippen MR) is 72.1 cm³/mol. The van der Waals surface area contributed by atoms with Crippen LogP contribution in [0.25, 0.3) is 0 Å². The first-order chi connectivity index (χ1) is 7.99. The zero-order chi connectivity index (χ0) is 12.8. The minimum absolute atomic E-state index is 0.441. The fraction of sp³-hybridized carbons (Fsp3) is 0.769. The molecule has 98 valence electrons. The normalized spacial score (nSPS) is 12.0. The highest BCUT2D eigenvalue weighted by Crippen LogP contribution is 2.05.